The normalized spacial score (nSPS) is 30.2. The molecule has 1 aromatic carbocycles. The van der Waals surface area contributed by atoms with Crippen molar-refractivity contribution in [1.82, 2.24) is 9.55 Å². The van der Waals surface area contributed by atoms with E-state index >= 15 is 8.78 Å². The Morgan fingerprint density at radius 1 is 1.26 bits per heavy atom. The molecule has 1 aromatic heterocycles. The van der Waals surface area contributed by atoms with Gasteiger partial charge in [0.05, 0.1) is 5.56 Å². The molecule has 4 atom stereocenters. The average Bonchev–Trinajstić information content (AvgIpc) is 2.83. The highest BCUT2D eigenvalue weighted by molar-refractivity contribution is 5.89. The largest absolute Gasteiger partial charge is 0.449 e. The van der Waals surface area contributed by atoms with Crippen LogP contribution in [0.1, 0.15) is 36.9 Å². The van der Waals surface area contributed by atoms with Gasteiger partial charge in [0, 0.05) is 18.7 Å². The van der Waals surface area contributed by atoms with Crippen LogP contribution in [0, 0.1) is 0 Å². The molecule has 1 N–H and O–H groups in total. The maximum atomic E-state index is 15.6. The van der Waals surface area contributed by atoms with E-state index in [1.807, 2.05) is 4.98 Å². The minimum Gasteiger partial charge on any atom is -0.449 e. The zero-order valence-electron chi connectivity index (χ0n) is 14.6. The van der Waals surface area contributed by atoms with Crippen molar-refractivity contribution in [2.45, 2.75) is 44.1 Å². The summed E-state index contributed by atoms with van der Waals surface area (Å²) < 4.78 is 41.9. The van der Waals surface area contributed by atoms with Crippen molar-refractivity contribution in [2.75, 3.05) is 0 Å². The molecule has 0 amide bonds. The van der Waals surface area contributed by atoms with Gasteiger partial charge in [0.2, 0.25) is 0 Å². The quantitative estimate of drug-likeness (QED) is 0.821. The Morgan fingerprint density at radius 3 is 2.52 bits per heavy atom. The first-order valence-corrected chi connectivity index (χ1v) is 8.32. The number of aromatic amines is 1. The Morgan fingerprint density at radius 2 is 1.93 bits per heavy atom. The molecular formula is C18H18F2N2O5. The van der Waals surface area contributed by atoms with Crippen LogP contribution in [0.2, 0.25) is 0 Å². The third-order valence-electron chi connectivity index (χ3n) is 4.51. The highest BCUT2D eigenvalue weighted by Gasteiger charge is 2.66. The zero-order chi connectivity index (χ0) is 19.8. The molecule has 0 saturated carbocycles. The fourth-order valence-electron chi connectivity index (χ4n) is 3.08. The zero-order valence-corrected chi connectivity index (χ0v) is 14.6. The van der Waals surface area contributed by atoms with Crippen LogP contribution in [0.25, 0.3) is 0 Å². The van der Waals surface area contributed by atoms with Crippen LogP contribution in [-0.2, 0) is 9.47 Å². The Kier molecular flexibility index (Phi) is 4.73. The number of hydrogen-bond acceptors (Lipinski definition) is 5. The first kappa shape index (κ1) is 19.0. The molecule has 1 aliphatic rings. The molecule has 1 saturated heterocycles. The Labute approximate surface area is 152 Å². The van der Waals surface area contributed by atoms with Crippen molar-refractivity contribution in [1.29, 1.82) is 0 Å². The number of rotatable bonds is 4. The molecule has 144 valence electrons. The highest BCUT2D eigenvalue weighted by Crippen LogP contribution is 2.50. The summed E-state index contributed by atoms with van der Waals surface area (Å²) in [7, 11) is 0. The van der Waals surface area contributed by atoms with Gasteiger partial charge in [0.15, 0.2) is 18.0 Å². The molecule has 4 unspecified atom stereocenters. The number of halogens is 2. The molecule has 9 heteroatoms. The lowest BCUT2D eigenvalue weighted by Crippen LogP contribution is -2.48. The number of ether oxygens (including phenoxy) is 2. The minimum absolute atomic E-state index is 0.122. The summed E-state index contributed by atoms with van der Waals surface area (Å²) in [6.45, 7) is 2.38. The number of carbonyl (C=O) groups is 1. The van der Waals surface area contributed by atoms with Crippen LogP contribution in [0.15, 0.2) is 52.2 Å². The number of aromatic nitrogens is 2. The van der Waals surface area contributed by atoms with E-state index in [2.05, 4.69) is 0 Å². The molecule has 2 aromatic rings. The lowest BCUT2D eigenvalue weighted by atomic mass is 9.95. The van der Waals surface area contributed by atoms with E-state index in [9.17, 15) is 14.4 Å². The van der Waals surface area contributed by atoms with E-state index in [0.717, 1.165) is 23.8 Å². The van der Waals surface area contributed by atoms with Gasteiger partial charge in [-0.1, -0.05) is 25.1 Å². The number of alkyl halides is 2. The van der Waals surface area contributed by atoms with Crippen molar-refractivity contribution in [3.63, 3.8) is 0 Å². The molecular weight excluding hydrogens is 362 g/mol. The first-order valence-electron chi connectivity index (χ1n) is 8.32. The van der Waals surface area contributed by atoms with Gasteiger partial charge in [0.25, 0.3) is 11.4 Å². The summed E-state index contributed by atoms with van der Waals surface area (Å²) in [5, 5.41) is 0. The molecule has 0 aliphatic carbocycles. The number of H-pyrrole nitrogens is 1. The fourth-order valence-corrected chi connectivity index (χ4v) is 3.08. The molecule has 0 spiro atoms. The van der Waals surface area contributed by atoms with E-state index < -0.39 is 41.1 Å². The Hall–Kier alpha value is -2.81. The number of nitrogens with zero attached hydrogens (tertiary/aromatic N) is 1. The maximum absolute atomic E-state index is 15.6. The fraction of sp³-hybridized carbons (Fsp3) is 0.389. The van der Waals surface area contributed by atoms with Crippen molar-refractivity contribution < 1.29 is 23.0 Å². The van der Waals surface area contributed by atoms with Gasteiger partial charge < -0.3 is 9.47 Å². The van der Waals surface area contributed by atoms with Crippen LogP contribution in [0.4, 0.5) is 8.78 Å². The van der Waals surface area contributed by atoms with E-state index in [-0.39, 0.29) is 12.0 Å². The predicted octanol–water partition coefficient (Wildman–Crippen LogP) is 2.10. The number of carbonyl (C=O) groups excluding carboxylic acids is 1. The second-order valence-electron chi connectivity index (χ2n) is 6.43. The number of nitrogens with one attached hydrogen (secondary N) is 1. The Bertz CT molecular complexity index is 956. The summed E-state index contributed by atoms with van der Waals surface area (Å²) >= 11 is 0. The monoisotopic (exact) mass is 380 g/mol. The smallest absolute Gasteiger partial charge is 0.338 e. The van der Waals surface area contributed by atoms with E-state index in [1.54, 1.807) is 18.2 Å². The van der Waals surface area contributed by atoms with Crippen molar-refractivity contribution in [3.05, 3.63) is 69.0 Å². The van der Waals surface area contributed by atoms with Gasteiger partial charge in [-0.2, -0.15) is 0 Å². The summed E-state index contributed by atoms with van der Waals surface area (Å²) in [5.74, 6) is -3.58. The highest BCUT2D eigenvalue weighted by atomic mass is 19.2. The molecule has 27 heavy (non-hydrogen) atoms. The van der Waals surface area contributed by atoms with Crippen molar-refractivity contribution >= 4 is 5.97 Å². The third-order valence-corrected chi connectivity index (χ3v) is 4.51. The molecule has 2 heterocycles. The molecule has 0 radical (unpaired) electrons. The van der Waals surface area contributed by atoms with Crippen LogP contribution in [0.3, 0.4) is 0 Å². The topological polar surface area (TPSA) is 90.4 Å². The molecule has 0 bridgehead atoms. The number of benzene rings is 1. The van der Waals surface area contributed by atoms with Gasteiger partial charge in [-0.3, -0.25) is 14.3 Å². The second kappa shape index (κ2) is 6.73. The molecule has 3 rings (SSSR count). The lowest BCUT2D eigenvalue weighted by molar-refractivity contribution is -0.189. The summed E-state index contributed by atoms with van der Waals surface area (Å²) in [6, 6.07) is 8.73. The van der Waals surface area contributed by atoms with Gasteiger partial charge in [-0.15, -0.1) is 0 Å². The first-order chi connectivity index (χ1) is 12.7. The lowest BCUT2D eigenvalue weighted by Gasteiger charge is -2.29. The second-order valence-corrected chi connectivity index (χ2v) is 6.43. The van der Waals surface area contributed by atoms with Gasteiger partial charge in [-0.25, -0.2) is 18.4 Å². The van der Waals surface area contributed by atoms with Crippen LogP contribution in [-0.4, -0.2) is 33.1 Å². The molecule has 7 nitrogen and oxygen atoms in total. The minimum atomic E-state index is -2.66. The van der Waals surface area contributed by atoms with Crippen LogP contribution in [0.5, 0.6) is 0 Å². The number of esters is 1. The van der Waals surface area contributed by atoms with Crippen LogP contribution >= 0.6 is 0 Å². The summed E-state index contributed by atoms with van der Waals surface area (Å²) in [4.78, 5) is 37.5. The Balaban J connectivity index is 1.98. The predicted molar refractivity (Wildman–Crippen MR) is 90.7 cm³/mol. The maximum Gasteiger partial charge on any atom is 0.338 e. The SMILES string of the molecule is CCC1(F)OC(n2ccc(=O)[nH]c2=O)C(C)(F)C1OC(=O)c1ccccc1. The van der Waals surface area contributed by atoms with E-state index in [1.165, 1.54) is 19.1 Å². The standard InChI is InChI=1S/C18H18F2N2O5/c1-3-18(20)14(26-13(24)11-7-5-4-6-8-11)17(2,19)15(27-18)22-10-9-12(23)21-16(22)25/h4-10,14-15H,3H2,1-2H3,(H,21,23,25). The van der Waals surface area contributed by atoms with Gasteiger partial charge in [-0.05, 0) is 19.1 Å². The van der Waals surface area contributed by atoms with Crippen LogP contribution < -0.4 is 11.2 Å². The van der Waals surface area contributed by atoms with E-state index in [0.29, 0.717) is 0 Å². The average molecular weight is 380 g/mol. The summed E-state index contributed by atoms with van der Waals surface area (Å²) in [5.41, 5.74) is -4.12. The van der Waals surface area contributed by atoms with E-state index in [4.69, 9.17) is 9.47 Å². The molecule has 1 fully saturated rings. The van der Waals surface area contributed by atoms with Crippen molar-refractivity contribution in [3.8, 4) is 0 Å². The molecule has 1 aliphatic heterocycles. The van der Waals surface area contributed by atoms with Gasteiger partial charge >= 0.3 is 11.7 Å². The van der Waals surface area contributed by atoms with Crippen molar-refractivity contribution in [2.24, 2.45) is 0 Å². The van der Waals surface area contributed by atoms with Gasteiger partial charge in [0.1, 0.15) is 0 Å². The summed E-state index contributed by atoms with van der Waals surface area (Å²) in [6.07, 6.45) is -2.98. The number of hydrogen-bond donors (Lipinski definition) is 1. The third kappa shape index (κ3) is 3.30.